The molecule has 2 aromatic rings. The van der Waals surface area contributed by atoms with Gasteiger partial charge in [-0.3, -0.25) is 4.79 Å². The van der Waals surface area contributed by atoms with Crippen LogP contribution >= 0.6 is 12.4 Å². The number of nitrogens with two attached hydrogens (primary N) is 1. The summed E-state index contributed by atoms with van der Waals surface area (Å²) in [5, 5.41) is 2.52. The van der Waals surface area contributed by atoms with E-state index in [9.17, 15) is 13.6 Å². The summed E-state index contributed by atoms with van der Waals surface area (Å²) in [6.07, 6.45) is 1.10. The highest BCUT2D eigenvalue weighted by atomic mass is 35.5. The van der Waals surface area contributed by atoms with Crippen LogP contribution in [0.3, 0.4) is 0 Å². The van der Waals surface area contributed by atoms with Gasteiger partial charge < -0.3 is 16.0 Å². The van der Waals surface area contributed by atoms with Crippen molar-refractivity contribution < 1.29 is 13.6 Å². The molecule has 0 fully saturated rings. The van der Waals surface area contributed by atoms with Gasteiger partial charge in [-0.25, -0.2) is 8.78 Å². The Hall–Kier alpha value is -2.02. The zero-order valence-electron chi connectivity index (χ0n) is 14.5. The standard InChI is InChI=1S/C19H23F2N3O.ClH/c20-16-12-17(21)14-18(13-16)23-19(25)7-10-24(11-8-22)9-6-15-4-2-1-3-5-15;/h1-5,12-14H,6-11,22H2,(H,23,25);1H. The lowest BCUT2D eigenvalue weighted by Gasteiger charge is -2.21. The zero-order chi connectivity index (χ0) is 18.1. The van der Waals surface area contributed by atoms with E-state index in [0.29, 0.717) is 19.6 Å². The number of anilines is 1. The maximum Gasteiger partial charge on any atom is 0.225 e. The highest BCUT2D eigenvalue weighted by Crippen LogP contribution is 2.13. The fourth-order valence-corrected chi connectivity index (χ4v) is 2.56. The highest BCUT2D eigenvalue weighted by molar-refractivity contribution is 5.90. The van der Waals surface area contributed by atoms with Gasteiger partial charge in [0.05, 0.1) is 0 Å². The third-order valence-corrected chi connectivity index (χ3v) is 3.81. The number of hydrogen-bond donors (Lipinski definition) is 2. The monoisotopic (exact) mass is 383 g/mol. The topological polar surface area (TPSA) is 58.4 Å². The van der Waals surface area contributed by atoms with E-state index in [1.165, 1.54) is 5.56 Å². The van der Waals surface area contributed by atoms with Crippen LogP contribution in [0.1, 0.15) is 12.0 Å². The summed E-state index contributed by atoms with van der Waals surface area (Å²) >= 11 is 0. The summed E-state index contributed by atoms with van der Waals surface area (Å²) in [7, 11) is 0. The molecular weight excluding hydrogens is 360 g/mol. The molecule has 26 heavy (non-hydrogen) atoms. The molecule has 3 N–H and O–H groups in total. The van der Waals surface area contributed by atoms with E-state index in [1.54, 1.807) is 0 Å². The van der Waals surface area contributed by atoms with E-state index in [-0.39, 0.29) is 30.4 Å². The molecule has 2 aromatic carbocycles. The third-order valence-electron chi connectivity index (χ3n) is 3.81. The van der Waals surface area contributed by atoms with Crippen molar-refractivity contribution in [3.63, 3.8) is 0 Å². The van der Waals surface area contributed by atoms with E-state index < -0.39 is 11.6 Å². The van der Waals surface area contributed by atoms with Crippen molar-refractivity contribution in [3.05, 3.63) is 65.7 Å². The average molecular weight is 384 g/mol. The summed E-state index contributed by atoms with van der Waals surface area (Å²) in [6.45, 7) is 2.52. The first-order valence-electron chi connectivity index (χ1n) is 8.29. The largest absolute Gasteiger partial charge is 0.329 e. The Morgan fingerprint density at radius 1 is 1.00 bits per heavy atom. The van der Waals surface area contributed by atoms with Crippen molar-refractivity contribution in [2.75, 3.05) is 31.5 Å². The summed E-state index contributed by atoms with van der Waals surface area (Å²) in [5.74, 6) is -1.72. The second kappa shape index (κ2) is 11.6. The Morgan fingerprint density at radius 2 is 1.65 bits per heavy atom. The number of amides is 1. The molecule has 0 aliphatic carbocycles. The van der Waals surface area contributed by atoms with Crippen molar-refractivity contribution in [1.82, 2.24) is 4.90 Å². The number of hydrogen-bond acceptors (Lipinski definition) is 3. The second-order valence-electron chi connectivity index (χ2n) is 5.82. The van der Waals surface area contributed by atoms with Crippen LogP contribution in [0.15, 0.2) is 48.5 Å². The molecule has 0 saturated carbocycles. The van der Waals surface area contributed by atoms with E-state index in [2.05, 4.69) is 22.3 Å². The van der Waals surface area contributed by atoms with Crippen LogP contribution in [0, 0.1) is 11.6 Å². The molecular formula is C19H24ClF2N3O. The summed E-state index contributed by atoms with van der Waals surface area (Å²) in [4.78, 5) is 14.1. The predicted octanol–water partition coefficient (Wildman–Crippen LogP) is 3.22. The Kier molecular flexibility index (Phi) is 9.80. The number of halogens is 3. The molecule has 0 aromatic heterocycles. The number of nitrogens with zero attached hydrogens (tertiary/aromatic N) is 1. The van der Waals surface area contributed by atoms with Crippen molar-refractivity contribution in [2.24, 2.45) is 5.73 Å². The molecule has 0 unspecified atom stereocenters. The smallest absolute Gasteiger partial charge is 0.225 e. The molecule has 1 amide bonds. The Bertz CT molecular complexity index is 665. The van der Waals surface area contributed by atoms with Crippen molar-refractivity contribution in [1.29, 1.82) is 0 Å². The highest BCUT2D eigenvalue weighted by Gasteiger charge is 2.09. The maximum atomic E-state index is 13.1. The fourth-order valence-electron chi connectivity index (χ4n) is 2.56. The summed E-state index contributed by atoms with van der Waals surface area (Å²) in [5.41, 5.74) is 6.98. The minimum Gasteiger partial charge on any atom is -0.329 e. The van der Waals surface area contributed by atoms with Gasteiger partial charge >= 0.3 is 0 Å². The van der Waals surface area contributed by atoms with Gasteiger partial charge in [-0.1, -0.05) is 30.3 Å². The van der Waals surface area contributed by atoms with Gasteiger partial charge in [0, 0.05) is 44.4 Å². The summed E-state index contributed by atoms with van der Waals surface area (Å²) < 4.78 is 26.3. The molecule has 0 aliphatic heterocycles. The van der Waals surface area contributed by atoms with Gasteiger partial charge in [0.1, 0.15) is 11.6 Å². The number of carbonyl (C=O) groups excluding carboxylic acids is 1. The van der Waals surface area contributed by atoms with Crippen molar-refractivity contribution >= 4 is 24.0 Å². The van der Waals surface area contributed by atoms with Crippen LogP contribution < -0.4 is 11.1 Å². The van der Waals surface area contributed by atoms with E-state index in [1.807, 2.05) is 18.2 Å². The van der Waals surface area contributed by atoms with Crippen LogP contribution in [0.5, 0.6) is 0 Å². The Labute approximate surface area is 158 Å². The molecule has 7 heteroatoms. The van der Waals surface area contributed by atoms with Crippen molar-refractivity contribution in [3.8, 4) is 0 Å². The molecule has 0 aliphatic rings. The normalized spacial score (nSPS) is 10.5. The first kappa shape index (κ1) is 22.0. The van der Waals surface area contributed by atoms with Crippen molar-refractivity contribution in [2.45, 2.75) is 12.8 Å². The molecule has 0 atom stereocenters. The van der Waals surface area contributed by atoms with E-state index in [0.717, 1.165) is 31.2 Å². The molecule has 2 rings (SSSR count). The zero-order valence-corrected chi connectivity index (χ0v) is 15.3. The van der Waals surface area contributed by atoms with Gasteiger partial charge in [0.25, 0.3) is 0 Å². The SMILES string of the molecule is Cl.NCCN(CCC(=O)Nc1cc(F)cc(F)c1)CCc1ccccc1. The molecule has 0 heterocycles. The van der Waals surface area contributed by atoms with Gasteiger partial charge in [-0.2, -0.15) is 0 Å². The summed E-state index contributed by atoms with van der Waals surface area (Å²) in [6, 6.07) is 13.0. The number of nitrogens with one attached hydrogen (secondary N) is 1. The lowest BCUT2D eigenvalue weighted by atomic mass is 10.1. The van der Waals surface area contributed by atoms with Gasteiger partial charge in [0.15, 0.2) is 0 Å². The third kappa shape index (κ3) is 7.91. The molecule has 0 bridgehead atoms. The maximum absolute atomic E-state index is 13.1. The first-order chi connectivity index (χ1) is 12.1. The van der Waals surface area contributed by atoms with Crippen LogP contribution in [-0.2, 0) is 11.2 Å². The van der Waals surface area contributed by atoms with Crippen LogP contribution in [-0.4, -0.2) is 37.0 Å². The predicted molar refractivity (Wildman–Crippen MR) is 102 cm³/mol. The van der Waals surface area contributed by atoms with Gasteiger partial charge in [0.2, 0.25) is 5.91 Å². The Balaban J connectivity index is 0.00000338. The quantitative estimate of drug-likeness (QED) is 0.699. The van der Waals surface area contributed by atoms with E-state index in [4.69, 9.17) is 5.73 Å². The minimum absolute atomic E-state index is 0. The van der Waals surface area contributed by atoms with Crippen LogP contribution in [0.25, 0.3) is 0 Å². The average Bonchev–Trinajstić information content (AvgIpc) is 2.57. The number of rotatable bonds is 9. The fraction of sp³-hybridized carbons (Fsp3) is 0.316. The number of carbonyl (C=O) groups is 1. The van der Waals surface area contributed by atoms with Gasteiger partial charge in [-0.05, 0) is 24.1 Å². The molecule has 0 saturated heterocycles. The number of benzene rings is 2. The van der Waals surface area contributed by atoms with Gasteiger partial charge in [-0.15, -0.1) is 12.4 Å². The second-order valence-corrected chi connectivity index (χ2v) is 5.82. The van der Waals surface area contributed by atoms with Crippen LogP contribution in [0.2, 0.25) is 0 Å². The Morgan fingerprint density at radius 3 is 2.27 bits per heavy atom. The molecule has 142 valence electrons. The first-order valence-corrected chi connectivity index (χ1v) is 8.29. The molecule has 0 radical (unpaired) electrons. The molecule has 0 spiro atoms. The lowest BCUT2D eigenvalue weighted by molar-refractivity contribution is -0.116. The van der Waals surface area contributed by atoms with E-state index >= 15 is 0 Å². The minimum atomic E-state index is -0.720. The molecule has 4 nitrogen and oxygen atoms in total. The van der Waals surface area contributed by atoms with Crippen LogP contribution in [0.4, 0.5) is 14.5 Å². The lowest BCUT2D eigenvalue weighted by Crippen LogP contribution is -2.34.